The topological polar surface area (TPSA) is 69.6 Å². The molecule has 2 aromatic rings. The highest BCUT2D eigenvalue weighted by atomic mass is 16.4. The fraction of sp³-hybridized carbons (Fsp3) is 0.364. The second kappa shape index (κ2) is 9.21. The summed E-state index contributed by atoms with van der Waals surface area (Å²) in [4.78, 5) is 25.4. The summed E-state index contributed by atoms with van der Waals surface area (Å²) in [6, 6.07) is 20.2. The van der Waals surface area contributed by atoms with Gasteiger partial charge in [0.25, 0.3) is 0 Å². The van der Waals surface area contributed by atoms with E-state index in [2.05, 4.69) is 29.6 Å². The lowest BCUT2D eigenvalue weighted by molar-refractivity contribution is -0.143. The average molecular weight is 366 g/mol. The predicted molar refractivity (Wildman–Crippen MR) is 105 cm³/mol. The van der Waals surface area contributed by atoms with E-state index in [9.17, 15) is 14.7 Å². The Morgan fingerprint density at radius 3 is 2.41 bits per heavy atom. The fourth-order valence-corrected chi connectivity index (χ4v) is 3.62. The van der Waals surface area contributed by atoms with E-state index in [1.165, 1.54) is 11.1 Å². The number of carboxylic acids is 1. The highest BCUT2D eigenvalue weighted by Gasteiger charge is 2.28. The van der Waals surface area contributed by atoms with Crippen molar-refractivity contribution in [1.29, 1.82) is 0 Å². The van der Waals surface area contributed by atoms with Crippen LogP contribution in [0.3, 0.4) is 0 Å². The number of amides is 2. The number of benzene rings is 2. The molecule has 1 saturated heterocycles. The Labute approximate surface area is 160 Å². The first-order chi connectivity index (χ1) is 13.1. The van der Waals surface area contributed by atoms with Gasteiger partial charge in [-0.3, -0.25) is 4.79 Å². The van der Waals surface area contributed by atoms with Crippen LogP contribution in [0.2, 0.25) is 0 Å². The van der Waals surface area contributed by atoms with Crippen LogP contribution < -0.4 is 5.32 Å². The quantitative estimate of drug-likeness (QED) is 0.822. The zero-order chi connectivity index (χ0) is 19.1. The lowest BCUT2D eigenvalue weighted by Gasteiger charge is -2.31. The summed E-state index contributed by atoms with van der Waals surface area (Å²) in [6.45, 7) is 1.42. The SMILES string of the molecule is O=C(O)C1CCCN(C(=O)NCC(Cc2ccccc2)c2ccccc2)C1. The number of urea groups is 1. The molecule has 2 N–H and O–H groups in total. The van der Waals surface area contributed by atoms with Gasteiger partial charge in [0.05, 0.1) is 5.92 Å². The lowest BCUT2D eigenvalue weighted by atomic mass is 9.92. The minimum atomic E-state index is -0.821. The van der Waals surface area contributed by atoms with Crippen LogP contribution in [0.5, 0.6) is 0 Å². The normalized spacial score (nSPS) is 17.9. The first-order valence-corrected chi connectivity index (χ1v) is 9.48. The molecule has 0 aromatic heterocycles. The zero-order valence-corrected chi connectivity index (χ0v) is 15.4. The fourth-order valence-electron chi connectivity index (χ4n) is 3.62. The van der Waals surface area contributed by atoms with Crippen LogP contribution in [-0.4, -0.2) is 41.6 Å². The summed E-state index contributed by atoms with van der Waals surface area (Å²) < 4.78 is 0. The molecule has 0 aliphatic carbocycles. The Morgan fingerprint density at radius 1 is 1.07 bits per heavy atom. The summed E-state index contributed by atoms with van der Waals surface area (Å²) in [6.07, 6.45) is 2.21. The van der Waals surface area contributed by atoms with Gasteiger partial charge in [0, 0.05) is 25.6 Å². The number of hydrogen-bond acceptors (Lipinski definition) is 2. The third kappa shape index (κ3) is 5.33. The van der Waals surface area contributed by atoms with E-state index in [-0.39, 0.29) is 18.5 Å². The summed E-state index contributed by atoms with van der Waals surface area (Å²) in [5.74, 6) is -1.12. The second-order valence-corrected chi connectivity index (χ2v) is 7.11. The van der Waals surface area contributed by atoms with Crippen LogP contribution in [0, 0.1) is 5.92 Å². The van der Waals surface area contributed by atoms with Crippen molar-refractivity contribution in [1.82, 2.24) is 10.2 Å². The van der Waals surface area contributed by atoms with Crippen molar-refractivity contribution >= 4 is 12.0 Å². The van der Waals surface area contributed by atoms with Crippen LogP contribution >= 0.6 is 0 Å². The minimum absolute atomic E-state index is 0.164. The number of rotatable bonds is 6. The molecule has 0 radical (unpaired) electrons. The number of carbonyl (C=O) groups is 2. The average Bonchev–Trinajstić information content (AvgIpc) is 2.72. The first kappa shape index (κ1) is 19.0. The van der Waals surface area contributed by atoms with Gasteiger partial charge in [0.15, 0.2) is 0 Å². The number of hydrogen-bond donors (Lipinski definition) is 2. The Balaban J connectivity index is 1.64. The Hall–Kier alpha value is -2.82. The van der Waals surface area contributed by atoms with Gasteiger partial charge in [-0.2, -0.15) is 0 Å². The molecule has 2 unspecified atom stereocenters. The lowest BCUT2D eigenvalue weighted by Crippen LogP contribution is -2.47. The predicted octanol–water partition coefficient (Wildman–Crippen LogP) is 3.52. The van der Waals surface area contributed by atoms with E-state index in [4.69, 9.17) is 0 Å². The van der Waals surface area contributed by atoms with Crippen LogP contribution in [0.15, 0.2) is 60.7 Å². The molecular formula is C22H26N2O3. The van der Waals surface area contributed by atoms with E-state index < -0.39 is 11.9 Å². The van der Waals surface area contributed by atoms with Gasteiger partial charge in [-0.1, -0.05) is 60.7 Å². The van der Waals surface area contributed by atoms with Crippen molar-refractivity contribution in [3.63, 3.8) is 0 Å². The van der Waals surface area contributed by atoms with Crippen LogP contribution in [0.25, 0.3) is 0 Å². The molecule has 27 heavy (non-hydrogen) atoms. The van der Waals surface area contributed by atoms with Gasteiger partial charge in [-0.15, -0.1) is 0 Å². The van der Waals surface area contributed by atoms with Crippen LogP contribution in [0.1, 0.15) is 29.9 Å². The molecule has 1 aliphatic rings. The van der Waals surface area contributed by atoms with Gasteiger partial charge in [-0.25, -0.2) is 4.79 Å². The van der Waals surface area contributed by atoms with Crippen LogP contribution in [0.4, 0.5) is 4.79 Å². The minimum Gasteiger partial charge on any atom is -0.481 e. The van der Waals surface area contributed by atoms with E-state index >= 15 is 0 Å². The number of aliphatic carboxylic acids is 1. The summed E-state index contributed by atoms with van der Waals surface area (Å²) in [5.41, 5.74) is 2.41. The molecule has 3 rings (SSSR count). The summed E-state index contributed by atoms with van der Waals surface area (Å²) in [7, 11) is 0. The molecule has 1 fully saturated rings. The number of nitrogens with zero attached hydrogens (tertiary/aromatic N) is 1. The third-order valence-electron chi connectivity index (χ3n) is 5.15. The van der Waals surface area contributed by atoms with E-state index in [1.807, 2.05) is 36.4 Å². The van der Waals surface area contributed by atoms with E-state index in [0.29, 0.717) is 19.5 Å². The molecule has 1 heterocycles. The smallest absolute Gasteiger partial charge is 0.317 e. The highest BCUT2D eigenvalue weighted by molar-refractivity contribution is 5.76. The molecule has 0 bridgehead atoms. The molecule has 2 amide bonds. The zero-order valence-electron chi connectivity index (χ0n) is 15.4. The largest absolute Gasteiger partial charge is 0.481 e. The van der Waals surface area contributed by atoms with Crippen molar-refractivity contribution in [2.75, 3.05) is 19.6 Å². The monoisotopic (exact) mass is 366 g/mol. The van der Waals surface area contributed by atoms with Crippen molar-refractivity contribution < 1.29 is 14.7 Å². The molecule has 2 atom stereocenters. The van der Waals surface area contributed by atoms with Crippen molar-refractivity contribution in [3.8, 4) is 0 Å². The maximum atomic E-state index is 12.6. The van der Waals surface area contributed by atoms with Crippen molar-refractivity contribution in [2.24, 2.45) is 5.92 Å². The molecule has 5 heteroatoms. The number of piperidine rings is 1. The first-order valence-electron chi connectivity index (χ1n) is 9.48. The molecular weight excluding hydrogens is 340 g/mol. The van der Waals surface area contributed by atoms with Gasteiger partial charge in [0.2, 0.25) is 0 Å². The van der Waals surface area contributed by atoms with Gasteiger partial charge >= 0.3 is 12.0 Å². The number of likely N-dealkylation sites (tertiary alicyclic amines) is 1. The highest BCUT2D eigenvalue weighted by Crippen LogP contribution is 2.21. The number of carbonyl (C=O) groups excluding carboxylic acids is 1. The maximum Gasteiger partial charge on any atom is 0.317 e. The van der Waals surface area contributed by atoms with E-state index in [0.717, 1.165) is 12.8 Å². The second-order valence-electron chi connectivity index (χ2n) is 7.11. The molecule has 142 valence electrons. The third-order valence-corrected chi connectivity index (χ3v) is 5.15. The Bertz CT molecular complexity index is 749. The van der Waals surface area contributed by atoms with Crippen molar-refractivity contribution in [3.05, 3.63) is 71.8 Å². The standard InChI is InChI=1S/C22H26N2O3/c25-21(26)19-12-7-13-24(16-19)22(27)23-15-20(18-10-5-2-6-11-18)14-17-8-3-1-4-9-17/h1-6,8-11,19-20H,7,12-16H2,(H,23,27)(H,25,26). The Kier molecular flexibility index (Phi) is 6.47. The summed E-state index contributed by atoms with van der Waals surface area (Å²) in [5, 5.41) is 12.2. The summed E-state index contributed by atoms with van der Waals surface area (Å²) >= 11 is 0. The molecule has 2 aromatic carbocycles. The maximum absolute atomic E-state index is 12.6. The molecule has 0 saturated carbocycles. The number of nitrogens with one attached hydrogen (secondary N) is 1. The van der Waals surface area contributed by atoms with Gasteiger partial charge in [-0.05, 0) is 30.4 Å². The van der Waals surface area contributed by atoms with E-state index in [1.54, 1.807) is 4.90 Å². The molecule has 1 aliphatic heterocycles. The molecule has 5 nitrogen and oxygen atoms in total. The van der Waals surface area contributed by atoms with Crippen LogP contribution in [-0.2, 0) is 11.2 Å². The van der Waals surface area contributed by atoms with Gasteiger partial charge in [0.1, 0.15) is 0 Å². The number of carboxylic acid groups (broad SMARTS) is 1. The molecule has 0 spiro atoms. The Morgan fingerprint density at radius 2 is 1.74 bits per heavy atom. The van der Waals surface area contributed by atoms with Gasteiger partial charge < -0.3 is 15.3 Å². The van der Waals surface area contributed by atoms with Crippen molar-refractivity contribution in [2.45, 2.75) is 25.2 Å².